The lowest BCUT2D eigenvalue weighted by Gasteiger charge is -2.19. The molecule has 30 heavy (non-hydrogen) atoms. The monoisotopic (exact) mass is 416 g/mol. The van der Waals surface area contributed by atoms with Crippen LogP contribution in [0.1, 0.15) is 111 Å². The molecule has 172 valence electrons. The highest BCUT2D eigenvalue weighted by Gasteiger charge is 2.20. The zero-order valence-corrected chi connectivity index (χ0v) is 20.0. The van der Waals surface area contributed by atoms with Gasteiger partial charge in [-0.05, 0) is 57.3 Å². The van der Waals surface area contributed by atoms with Crippen molar-refractivity contribution in [2.24, 2.45) is 11.8 Å². The first kappa shape index (κ1) is 28.4. The molecule has 2 heteroatoms. The van der Waals surface area contributed by atoms with E-state index in [1.807, 2.05) is 0 Å². The second kappa shape index (κ2) is 22.1. The minimum absolute atomic E-state index is 0.196. The molecule has 2 unspecified atom stereocenters. The summed E-state index contributed by atoms with van der Waals surface area (Å²) in [6.07, 6.45) is 32.9. The minimum Gasteiger partial charge on any atom is -0.481 e. The van der Waals surface area contributed by atoms with Crippen LogP contribution in [0.15, 0.2) is 48.6 Å². The summed E-state index contributed by atoms with van der Waals surface area (Å²) in [6, 6.07) is 0. The van der Waals surface area contributed by atoms with E-state index in [4.69, 9.17) is 0 Å². The fraction of sp³-hybridized carbons (Fsp3) is 0.679. The maximum absolute atomic E-state index is 11.6. The van der Waals surface area contributed by atoms with E-state index in [1.165, 1.54) is 44.9 Å². The van der Waals surface area contributed by atoms with Crippen LogP contribution in [0, 0.1) is 11.8 Å². The van der Waals surface area contributed by atoms with Crippen molar-refractivity contribution in [3.8, 4) is 0 Å². The predicted molar refractivity (Wildman–Crippen MR) is 133 cm³/mol. The van der Waals surface area contributed by atoms with Crippen molar-refractivity contribution in [2.75, 3.05) is 0 Å². The van der Waals surface area contributed by atoms with Gasteiger partial charge < -0.3 is 5.11 Å². The Morgan fingerprint density at radius 2 is 1.23 bits per heavy atom. The Bertz CT molecular complexity index is 499. The third kappa shape index (κ3) is 18.5. The van der Waals surface area contributed by atoms with Gasteiger partial charge in [0.1, 0.15) is 0 Å². The summed E-state index contributed by atoms with van der Waals surface area (Å²) in [4.78, 5) is 11.6. The first-order chi connectivity index (χ1) is 14.7. The standard InChI is InChI=1S/C28H48O2/c1-4-7-9-10-11-12-13-14-15-16-17-18-19-20-21-22-24-27(28(29)30)25-26(6-3)23-8-5-2/h11-12,14-15,17-18,20-21,26-27H,4-10,13,16,19,22-25H2,1-3H3,(H,29,30)/b12-11-,15-14-,18-17-,21-20-. The molecule has 0 saturated carbocycles. The molecule has 0 saturated heterocycles. The molecule has 0 amide bonds. The highest BCUT2D eigenvalue weighted by molar-refractivity contribution is 5.69. The van der Waals surface area contributed by atoms with Crippen LogP contribution in [0.3, 0.4) is 0 Å². The fourth-order valence-corrected chi connectivity index (χ4v) is 3.58. The number of rotatable bonds is 20. The van der Waals surface area contributed by atoms with E-state index in [0.29, 0.717) is 5.92 Å². The number of unbranched alkanes of at least 4 members (excludes halogenated alkanes) is 4. The van der Waals surface area contributed by atoms with Crippen molar-refractivity contribution < 1.29 is 9.90 Å². The van der Waals surface area contributed by atoms with Crippen LogP contribution >= 0.6 is 0 Å². The Morgan fingerprint density at radius 3 is 1.73 bits per heavy atom. The summed E-state index contributed by atoms with van der Waals surface area (Å²) in [5, 5.41) is 9.52. The third-order valence-electron chi connectivity index (χ3n) is 5.65. The second-order valence-corrected chi connectivity index (χ2v) is 8.35. The SMILES string of the molecule is CCCCC/C=C\C/C=C\C/C=C\C/C=C\CCC(CC(CC)CCCC)C(=O)O. The van der Waals surface area contributed by atoms with Crippen molar-refractivity contribution in [3.05, 3.63) is 48.6 Å². The van der Waals surface area contributed by atoms with Crippen molar-refractivity contribution in [3.63, 3.8) is 0 Å². The summed E-state index contributed by atoms with van der Waals surface area (Å²) in [5.74, 6) is -0.263. The molecule has 0 aliphatic rings. The van der Waals surface area contributed by atoms with Gasteiger partial charge in [-0.3, -0.25) is 4.79 Å². The molecule has 0 radical (unpaired) electrons. The number of hydrogen-bond acceptors (Lipinski definition) is 1. The van der Waals surface area contributed by atoms with Crippen LogP contribution in [0.5, 0.6) is 0 Å². The molecule has 2 atom stereocenters. The van der Waals surface area contributed by atoms with Crippen LogP contribution < -0.4 is 0 Å². The lowest BCUT2D eigenvalue weighted by Crippen LogP contribution is -2.17. The summed E-state index contributed by atoms with van der Waals surface area (Å²) in [6.45, 7) is 6.62. The summed E-state index contributed by atoms with van der Waals surface area (Å²) < 4.78 is 0. The molecular formula is C28H48O2. The van der Waals surface area contributed by atoms with Gasteiger partial charge in [-0.15, -0.1) is 0 Å². The number of hydrogen-bond donors (Lipinski definition) is 1. The van der Waals surface area contributed by atoms with Gasteiger partial charge in [-0.2, -0.15) is 0 Å². The Balaban J connectivity index is 3.91. The van der Waals surface area contributed by atoms with Crippen LogP contribution in [0.25, 0.3) is 0 Å². The molecule has 0 bridgehead atoms. The van der Waals surface area contributed by atoms with Crippen LogP contribution in [-0.4, -0.2) is 11.1 Å². The van der Waals surface area contributed by atoms with Gasteiger partial charge in [0.05, 0.1) is 5.92 Å². The van der Waals surface area contributed by atoms with E-state index in [2.05, 4.69) is 69.4 Å². The summed E-state index contributed by atoms with van der Waals surface area (Å²) in [5.41, 5.74) is 0. The number of carboxylic acid groups (broad SMARTS) is 1. The van der Waals surface area contributed by atoms with E-state index >= 15 is 0 Å². The largest absolute Gasteiger partial charge is 0.481 e. The molecule has 1 N–H and O–H groups in total. The normalized spacial score (nSPS) is 14.5. The topological polar surface area (TPSA) is 37.3 Å². The van der Waals surface area contributed by atoms with Crippen molar-refractivity contribution in [1.82, 2.24) is 0 Å². The average Bonchev–Trinajstić information content (AvgIpc) is 2.74. The maximum Gasteiger partial charge on any atom is 0.306 e. The molecule has 0 aliphatic heterocycles. The highest BCUT2D eigenvalue weighted by Crippen LogP contribution is 2.25. The minimum atomic E-state index is -0.624. The number of allylic oxidation sites excluding steroid dienone is 8. The molecule has 0 aliphatic carbocycles. The maximum atomic E-state index is 11.6. The van der Waals surface area contributed by atoms with Crippen molar-refractivity contribution in [1.29, 1.82) is 0 Å². The highest BCUT2D eigenvalue weighted by atomic mass is 16.4. The van der Waals surface area contributed by atoms with E-state index in [-0.39, 0.29) is 5.92 Å². The van der Waals surface area contributed by atoms with Crippen LogP contribution in [0.2, 0.25) is 0 Å². The Morgan fingerprint density at radius 1 is 0.700 bits per heavy atom. The lowest BCUT2D eigenvalue weighted by molar-refractivity contribution is -0.142. The molecular weight excluding hydrogens is 368 g/mol. The third-order valence-corrected chi connectivity index (χ3v) is 5.65. The van der Waals surface area contributed by atoms with Crippen molar-refractivity contribution in [2.45, 2.75) is 111 Å². The van der Waals surface area contributed by atoms with Crippen LogP contribution in [-0.2, 0) is 4.79 Å². The molecule has 0 fully saturated rings. The van der Waals surface area contributed by atoms with Gasteiger partial charge in [-0.25, -0.2) is 0 Å². The first-order valence-electron chi connectivity index (χ1n) is 12.5. The van der Waals surface area contributed by atoms with Gasteiger partial charge in [0.2, 0.25) is 0 Å². The van der Waals surface area contributed by atoms with Crippen LogP contribution in [0.4, 0.5) is 0 Å². The average molecular weight is 417 g/mol. The zero-order chi connectivity index (χ0) is 22.3. The zero-order valence-electron chi connectivity index (χ0n) is 20.0. The molecule has 0 rings (SSSR count). The van der Waals surface area contributed by atoms with Gasteiger partial charge in [0.25, 0.3) is 0 Å². The molecule has 0 aromatic heterocycles. The number of carboxylic acids is 1. The molecule has 2 nitrogen and oxygen atoms in total. The van der Waals surface area contributed by atoms with Gasteiger partial charge in [-0.1, -0.05) is 108 Å². The van der Waals surface area contributed by atoms with E-state index < -0.39 is 5.97 Å². The molecule has 0 aromatic carbocycles. The Labute approximate surface area is 187 Å². The van der Waals surface area contributed by atoms with Gasteiger partial charge in [0.15, 0.2) is 0 Å². The van der Waals surface area contributed by atoms with E-state index in [9.17, 15) is 9.90 Å². The number of aliphatic carboxylic acids is 1. The lowest BCUT2D eigenvalue weighted by atomic mass is 9.86. The Kier molecular flexibility index (Phi) is 21.0. The predicted octanol–water partition coefficient (Wildman–Crippen LogP) is 9.05. The van der Waals surface area contributed by atoms with Gasteiger partial charge in [0, 0.05) is 0 Å². The van der Waals surface area contributed by atoms with E-state index in [1.54, 1.807) is 0 Å². The fourth-order valence-electron chi connectivity index (χ4n) is 3.58. The van der Waals surface area contributed by atoms with Crippen molar-refractivity contribution >= 4 is 5.97 Å². The van der Waals surface area contributed by atoms with E-state index in [0.717, 1.165) is 44.9 Å². The molecule has 0 heterocycles. The Hall–Kier alpha value is -1.57. The summed E-state index contributed by atoms with van der Waals surface area (Å²) in [7, 11) is 0. The van der Waals surface area contributed by atoms with Gasteiger partial charge >= 0.3 is 5.97 Å². The molecule has 0 aromatic rings. The smallest absolute Gasteiger partial charge is 0.306 e. The molecule has 0 spiro atoms. The quantitative estimate of drug-likeness (QED) is 0.159. The summed E-state index contributed by atoms with van der Waals surface area (Å²) >= 11 is 0. The number of carbonyl (C=O) groups is 1. The first-order valence-corrected chi connectivity index (χ1v) is 12.5. The second-order valence-electron chi connectivity index (χ2n) is 8.35.